The summed E-state index contributed by atoms with van der Waals surface area (Å²) >= 11 is 0. The molecule has 7 heteroatoms. The molecule has 0 spiro atoms. The van der Waals surface area contributed by atoms with Crippen LogP contribution >= 0.6 is 0 Å². The van der Waals surface area contributed by atoms with Gasteiger partial charge in [0.05, 0.1) is 34.4 Å². The molecular weight excluding hydrogens is 398 g/mol. The molecule has 0 aromatic heterocycles. The van der Waals surface area contributed by atoms with E-state index in [1.54, 1.807) is 21.3 Å². The number of carboxylic acid groups (broad SMARTS) is 1. The molecule has 0 aliphatic heterocycles. The molecule has 0 saturated carbocycles. The van der Waals surface area contributed by atoms with E-state index in [4.69, 9.17) is 24.1 Å². The van der Waals surface area contributed by atoms with Gasteiger partial charge in [-0.15, -0.1) is 0 Å². The van der Waals surface area contributed by atoms with E-state index < -0.39 is 5.97 Å². The Labute approximate surface area is 184 Å². The predicted molar refractivity (Wildman–Crippen MR) is 120 cm³/mol. The standard InChI is InChI=1S/C24H33NO6/c1-28-21-16-19(17-22(29-2)24(21)30-3)7-5-15-31-20-10-8-18(9-11-20)6-4-13-25-14-12-23(26)27/h8-11,16-17,25H,4-7,12-15H2,1-3H3,(H,26,27). The van der Waals surface area contributed by atoms with Gasteiger partial charge in [-0.1, -0.05) is 12.1 Å². The highest BCUT2D eigenvalue weighted by Crippen LogP contribution is 2.38. The molecule has 0 fully saturated rings. The first-order valence-electron chi connectivity index (χ1n) is 10.5. The molecule has 2 N–H and O–H groups in total. The van der Waals surface area contributed by atoms with Crippen molar-refractivity contribution in [1.82, 2.24) is 5.32 Å². The molecule has 0 amide bonds. The third-order valence-corrected chi connectivity index (χ3v) is 4.86. The molecule has 0 aliphatic carbocycles. The third kappa shape index (κ3) is 8.38. The molecule has 2 rings (SSSR count). The fourth-order valence-electron chi connectivity index (χ4n) is 3.24. The van der Waals surface area contributed by atoms with Crippen molar-refractivity contribution in [1.29, 1.82) is 0 Å². The Balaban J connectivity index is 1.71. The van der Waals surface area contributed by atoms with Crippen molar-refractivity contribution in [3.8, 4) is 23.0 Å². The lowest BCUT2D eigenvalue weighted by molar-refractivity contribution is -0.136. The Morgan fingerprint density at radius 1 is 0.871 bits per heavy atom. The maximum absolute atomic E-state index is 10.5. The molecule has 170 valence electrons. The highest BCUT2D eigenvalue weighted by Gasteiger charge is 2.13. The number of hydrogen-bond donors (Lipinski definition) is 2. The van der Waals surface area contributed by atoms with Crippen LogP contribution in [0.25, 0.3) is 0 Å². The number of aryl methyl sites for hydroxylation is 2. The first kappa shape index (κ1) is 24.3. The molecule has 0 unspecified atom stereocenters. The zero-order valence-corrected chi connectivity index (χ0v) is 18.6. The Morgan fingerprint density at radius 3 is 2.10 bits per heavy atom. The van der Waals surface area contributed by atoms with E-state index >= 15 is 0 Å². The average molecular weight is 432 g/mol. The van der Waals surface area contributed by atoms with Gasteiger partial charge in [-0.3, -0.25) is 4.79 Å². The molecule has 0 saturated heterocycles. The first-order valence-corrected chi connectivity index (χ1v) is 10.5. The van der Waals surface area contributed by atoms with Crippen molar-refractivity contribution in [2.45, 2.75) is 32.1 Å². The van der Waals surface area contributed by atoms with Gasteiger partial charge in [-0.2, -0.15) is 0 Å². The van der Waals surface area contributed by atoms with Crippen molar-refractivity contribution in [2.24, 2.45) is 0 Å². The number of ether oxygens (including phenoxy) is 4. The van der Waals surface area contributed by atoms with Gasteiger partial charge in [0.1, 0.15) is 5.75 Å². The summed E-state index contributed by atoms with van der Waals surface area (Å²) in [6.07, 6.45) is 3.77. The molecule has 7 nitrogen and oxygen atoms in total. The van der Waals surface area contributed by atoms with Gasteiger partial charge < -0.3 is 29.4 Å². The topological polar surface area (TPSA) is 86.3 Å². The van der Waals surface area contributed by atoms with Crippen LogP contribution in [0.1, 0.15) is 30.4 Å². The summed E-state index contributed by atoms with van der Waals surface area (Å²) < 4.78 is 22.0. The maximum Gasteiger partial charge on any atom is 0.304 e. The average Bonchev–Trinajstić information content (AvgIpc) is 2.78. The van der Waals surface area contributed by atoms with E-state index in [0.717, 1.165) is 43.5 Å². The van der Waals surface area contributed by atoms with Crippen LogP contribution in [-0.2, 0) is 17.6 Å². The molecule has 2 aromatic carbocycles. The quantitative estimate of drug-likeness (QED) is 0.416. The maximum atomic E-state index is 10.5. The molecule has 0 heterocycles. The van der Waals surface area contributed by atoms with E-state index in [1.165, 1.54) is 5.56 Å². The second kappa shape index (κ2) is 13.4. The van der Waals surface area contributed by atoms with Gasteiger partial charge in [-0.25, -0.2) is 0 Å². The Hall–Kier alpha value is -2.93. The van der Waals surface area contributed by atoms with Crippen LogP contribution in [-0.4, -0.2) is 52.1 Å². The van der Waals surface area contributed by atoms with E-state index in [-0.39, 0.29) is 6.42 Å². The van der Waals surface area contributed by atoms with Gasteiger partial charge in [0, 0.05) is 6.54 Å². The number of methoxy groups -OCH3 is 3. The SMILES string of the molecule is COc1cc(CCCOc2ccc(CCCNCCC(=O)O)cc2)cc(OC)c1OC. The number of hydrogen-bond acceptors (Lipinski definition) is 6. The van der Waals surface area contributed by atoms with Crippen molar-refractivity contribution >= 4 is 5.97 Å². The monoisotopic (exact) mass is 431 g/mol. The molecule has 0 atom stereocenters. The second-order valence-corrected chi connectivity index (χ2v) is 7.13. The van der Waals surface area contributed by atoms with Crippen LogP contribution in [0.4, 0.5) is 0 Å². The van der Waals surface area contributed by atoms with Gasteiger partial charge in [-0.05, 0) is 67.6 Å². The largest absolute Gasteiger partial charge is 0.494 e. The Morgan fingerprint density at radius 2 is 1.52 bits per heavy atom. The Kier molecular flexibility index (Phi) is 10.5. The minimum Gasteiger partial charge on any atom is -0.494 e. The number of carbonyl (C=O) groups is 1. The lowest BCUT2D eigenvalue weighted by Gasteiger charge is -2.14. The van der Waals surface area contributed by atoms with Crippen LogP contribution in [0.5, 0.6) is 23.0 Å². The minimum atomic E-state index is -0.772. The summed E-state index contributed by atoms with van der Waals surface area (Å²) in [6.45, 7) is 1.94. The number of aliphatic carboxylic acids is 1. The van der Waals surface area contributed by atoms with E-state index in [9.17, 15) is 4.79 Å². The van der Waals surface area contributed by atoms with Crippen molar-refractivity contribution in [2.75, 3.05) is 41.0 Å². The zero-order chi connectivity index (χ0) is 22.5. The highest BCUT2D eigenvalue weighted by atomic mass is 16.5. The summed E-state index contributed by atoms with van der Waals surface area (Å²) in [4.78, 5) is 10.5. The van der Waals surface area contributed by atoms with Gasteiger partial charge in [0.2, 0.25) is 5.75 Å². The molecule has 2 aromatic rings. The number of rotatable bonds is 15. The summed E-state index contributed by atoms with van der Waals surface area (Å²) in [6, 6.07) is 12.1. The van der Waals surface area contributed by atoms with Crippen molar-refractivity contribution < 1.29 is 28.8 Å². The van der Waals surface area contributed by atoms with Gasteiger partial charge in [0.15, 0.2) is 11.5 Å². The normalized spacial score (nSPS) is 10.5. The predicted octanol–water partition coefficient (Wildman–Crippen LogP) is 3.72. The lowest BCUT2D eigenvalue weighted by Crippen LogP contribution is -2.19. The fraction of sp³-hybridized carbons (Fsp3) is 0.458. The van der Waals surface area contributed by atoms with E-state index in [0.29, 0.717) is 30.4 Å². The van der Waals surface area contributed by atoms with Crippen molar-refractivity contribution in [3.63, 3.8) is 0 Å². The minimum absolute atomic E-state index is 0.158. The van der Waals surface area contributed by atoms with Crippen LogP contribution < -0.4 is 24.3 Å². The zero-order valence-electron chi connectivity index (χ0n) is 18.6. The van der Waals surface area contributed by atoms with E-state index in [1.807, 2.05) is 24.3 Å². The summed E-state index contributed by atoms with van der Waals surface area (Å²) in [5.74, 6) is 2.00. The third-order valence-electron chi connectivity index (χ3n) is 4.86. The first-order chi connectivity index (χ1) is 15.1. The molecule has 31 heavy (non-hydrogen) atoms. The lowest BCUT2D eigenvalue weighted by atomic mass is 10.1. The summed E-state index contributed by atoms with van der Waals surface area (Å²) in [5, 5.41) is 11.7. The second-order valence-electron chi connectivity index (χ2n) is 7.13. The molecule has 0 radical (unpaired) electrons. The smallest absolute Gasteiger partial charge is 0.304 e. The number of nitrogens with one attached hydrogen (secondary N) is 1. The molecular formula is C24H33NO6. The summed E-state index contributed by atoms with van der Waals surface area (Å²) in [5.41, 5.74) is 2.34. The van der Waals surface area contributed by atoms with Crippen LogP contribution in [0.15, 0.2) is 36.4 Å². The fourth-order valence-corrected chi connectivity index (χ4v) is 3.24. The Bertz CT molecular complexity index is 781. The molecule has 0 bridgehead atoms. The van der Waals surface area contributed by atoms with Gasteiger partial charge in [0.25, 0.3) is 0 Å². The van der Waals surface area contributed by atoms with Crippen molar-refractivity contribution in [3.05, 3.63) is 47.5 Å². The van der Waals surface area contributed by atoms with Gasteiger partial charge >= 0.3 is 5.97 Å². The summed E-state index contributed by atoms with van der Waals surface area (Å²) in [7, 11) is 4.83. The number of benzene rings is 2. The van der Waals surface area contributed by atoms with Crippen LogP contribution in [0.2, 0.25) is 0 Å². The van der Waals surface area contributed by atoms with Crippen LogP contribution in [0, 0.1) is 0 Å². The molecule has 0 aliphatic rings. The van der Waals surface area contributed by atoms with E-state index in [2.05, 4.69) is 17.4 Å². The highest BCUT2D eigenvalue weighted by molar-refractivity contribution is 5.66. The van der Waals surface area contributed by atoms with Crippen LogP contribution in [0.3, 0.4) is 0 Å². The number of carboxylic acids is 1.